The van der Waals surface area contributed by atoms with E-state index in [2.05, 4.69) is 9.84 Å². The Hall–Kier alpha value is -1.57. The molecule has 0 spiro atoms. The van der Waals surface area contributed by atoms with Crippen molar-refractivity contribution >= 4 is 5.97 Å². The molecule has 0 N–H and O–H groups in total. The summed E-state index contributed by atoms with van der Waals surface area (Å²) in [5.74, 6) is -0.560. The van der Waals surface area contributed by atoms with Crippen LogP contribution in [-0.4, -0.2) is 35.3 Å². The zero-order valence-corrected chi connectivity index (χ0v) is 9.03. The third kappa shape index (κ3) is 4.85. The van der Waals surface area contributed by atoms with Gasteiger partial charge >= 0.3 is 12.3 Å². The van der Waals surface area contributed by atoms with Crippen LogP contribution < -0.4 is 0 Å². The van der Waals surface area contributed by atoms with Gasteiger partial charge in [0.25, 0.3) is 0 Å². The molecule has 0 fully saturated rings. The minimum atomic E-state index is -4.66. The fourth-order valence-corrected chi connectivity index (χ4v) is 1.06. The van der Waals surface area contributed by atoms with Crippen molar-refractivity contribution in [3.63, 3.8) is 0 Å². The maximum atomic E-state index is 11.7. The zero-order valence-electron chi connectivity index (χ0n) is 9.03. The number of hydrogen-bond acceptors (Lipinski definition) is 4. The van der Waals surface area contributed by atoms with Crippen LogP contribution in [-0.2, 0) is 16.0 Å². The first-order valence-corrected chi connectivity index (χ1v) is 4.82. The summed E-state index contributed by atoms with van der Waals surface area (Å²) in [7, 11) is 0. The van der Waals surface area contributed by atoms with E-state index in [4.69, 9.17) is 4.74 Å². The highest BCUT2D eigenvalue weighted by molar-refractivity contribution is 5.88. The SMILES string of the molecule is CCOC(=O)c1cnn(CCOC(F)(F)F)c1. The fraction of sp³-hybridized carbons (Fsp3) is 0.556. The van der Waals surface area contributed by atoms with E-state index >= 15 is 0 Å². The van der Waals surface area contributed by atoms with Gasteiger partial charge in [-0.15, -0.1) is 13.2 Å². The van der Waals surface area contributed by atoms with Crippen LogP contribution in [0.25, 0.3) is 0 Å². The van der Waals surface area contributed by atoms with E-state index in [0.717, 1.165) is 0 Å². The maximum Gasteiger partial charge on any atom is 0.522 e. The number of hydrogen-bond donors (Lipinski definition) is 0. The molecule has 8 heteroatoms. The zero-order chi connectivity index (χ0) is 12.9. The van der Waals surface area contributed by atoms with E-state index in [9.17, 15) is 18.0 Å². The highest BCUT2D eigenvalue weighted by atomic mass is 19.4. The lowest BCUT2D eigenvalue weighted by Gasteiger charge is -2.06. The van der Waals surface area contributed by atoms with Gasteiger partial charge in [-0.25, -0.2) is 4.79 Å². The summed E-state index contributed by atoms with van der Waals surface area (Å²) in [6.07, 6.45) is -2.12. The molecule has 0 aromatic carbocycles. The Morgan fingerprint density at radius 3 is 2.82 bits per heavy atom. The van der Waals surface area contributed by atoms with Crippen LogP contribution in [0, 0.1) is 0 Å². The van der Waals surface area contributed by atoms with Crippen molar-refractivity contribution in [2.24, 2.45) is 0 Å². The van der Waals surface area contributed by atoms with Crippen molar-refractivity contribution in [3.05, 3.63) is 18.0 Å². The molecule has 5 nitrogen and oxygen atoms in total. The van der Waals surface area contributed by atoms with Crippen LogP contribution in [0.1, 0.15) is 17.3 Å². The lowest BCUT2D eigenvalue weighted by Crippen LogP contribution is -2.17. The van der Waals surface area contributed by atoms with Crippen molar-refractivity contribution < 1.29 is 27.4 Å². The first kappa shape index (κ1) is 13.5. The maximum absolute atomic E-state index is 11.7. The van der Waals surface area contributed by atoms with Crippen molar-refractivity contribution in [3.8, 4) is 0 Å². The van der Waals surface area contributed by atoms with Gasteiger partial charge in [-0.2, -0.15) is 5.10 Å². The molecule has 0 aliphatic rings. The summed E-state index contributed by atoms with van der Waals surface area (Å²) in [6, 6.07) is 0. The van der Waals surface area contributed by atoms with Crippen LogP contribution >= 0.6 is 0 Å². The molecule has 96 valence electrons. The van der Waals surface area contributed by atoms with Crippen LogP contribution in [0.5, 0.6) is 0 Å². The summed E-state index contributed by atoms with van der Waals surface area (Å²) in [5, 5.41) is 3.71. The van der Waals surface area contributed by atoms with E-state index in [1.165, 1.54) is 17.1 Å². The van der Waals surface area contributed by atoms with Crippen molar-refractivity contribution in [2.45, 2.75) is 19.8 Å². The average molecular weight is 252 g/mol. The molecule has 0 bridgehead atoms. The molecule has 1 aromatic heterocycles. The first-order chi connectivity index (χ1) is 7.92. The second-order valence-corrected chi connectivity index (χ2v) is 3.01. The Labute approximate surface area is 95.1 Å². The number of aromatic nitrogens is 2. The molecule has 0 atom stereocenters. The number of halogens is 3. The third-order valence-electron chi connectivity index (χ3n) is 1.73. The smallest absolute Gasteiger partial charge is 0.462 e. The summed E-state index contributed by atoms with van der Waals surface area (Å²) in [6.45, 7) is 1.22. The summed E-state index contributed by atoms with van der Waals surface area (Å²) in [5.41, 5.74) is 0.193. The van der Waals surface area contributed by atoms with Gasteiger partial charge in [0.1, 0.15) is 0 Å². The second-order valence-electron chi connectivity index (χ2n) is 3.01. The number of esters is 1. The molecule has 0 saturated heterocycles. The Kier molecular flexibility index (Phi) is 4.50. The molecular formula is C9H11F3N2O3. The molecular weight excluding hydrogens is 241 g/mol. The van der Waals surface area contributed by atoms with Gasteiger partial charge in [-0.3, -0.25) is 9.42 Å². The molecule has 0 amide bonds. The molecule has 1 rings (SSSR count). The highest BCUT2D eigenvalue weighted by Crippen LogP contribution is 2.15. The fourth-order valence-electron chi connectivity index (χ4n) is 1.06. The van der Waals surface area contributed by atoms with Gasteiger partial charge in [-0.1, -0.05) is 0 Å². The van der Waals surface area contributed by atoms with E-state index in [0.29, 0.717) is 0 Å². The van der Waals surface area contributed by atoms with Crippen molar-refractivity contribution in [2.75, 3.05) is 13.2 Å². The monoisotopic (exact) mass is 252 g/mol. The average Bonchev–Trinajstić information content (AvgIpc) is 2.65. The second kappa shape index (κ2) is 5.67. The van der Waals surface area contributed by atoms with Crippen LogP contribution in [0.2, 0.25) is 0 Å². The lowest BCUT2D eigenvalue weighted by molar-refractivity contribution is -0.325. The van der Waals surface area contributed by atoms with E-state index in [1.807, 2.05) is 0 Å². The van der Waals surface area contributed by atoms with E-state index < -0.39 is 18.9 Å². The van der Waals surface area contributed by atoms with Crippen LogP contribution in [0.3, 0.4) is 0 Å². The van der Waals surface area contributed by atoms with Gasteiger partial charge in [-0.05, 0) is 6.92 Å². The first-order valence-electron chi connectivity index (χ1n) is 4.82. The van der Waals surface area contributed by atoms with Gasteiger partial charge in [0, 0.05) is 6.20 Å². The molecule has 0 saturated carbocycles. The van der Waals surface area contributed by atoms with Gasteiger partial charge in [0.15, 0.2) is 0 Å². The number of nitrogens with zero attached hydrogens (tertiary/aromatic N) is 2. The van der Waals surface area contributed by atoms with Gasteiger partial charge in [0.05, 0.1) is 31.5 Å². The Morgan fingerprint density at radius 1 is 1.53 bits per heavy atom. The molecule has 0 aliphatic heterocycles. The number of rotatable bonds is 5. The minimum absolute atomic E-state index is 0.0983. The number of alkyl halides is 3. The summed E-state index contributed by atoms with van der Waals surface area (Å²) >= 11 is 0. The predicted molar refractivity (Wildman–Crippen MR) is 50.2 cm³/mol. The predicted octanol–water partition coefficient (Wildman–Crippen LogP) is 1.60. The standard InChI is InChI=1S/C9H11F3N2O3/c1-2-16-8(15)7-5-13-14(6-7)3-4-17-9(10,11)12/h5-6H,2-4H2,1H3. The largest absolute Gasteiger partial charge is 0.522 e. The Morgan fingerprint density at radius 2 is 2.24 bits per heavy atom. The lowest BCUT2D eigenvalue weighted by atomic mass is 10.4. The molecule has 0 radical (unpaired) electrons. The minimum Gasteiger partial charge on any atom is -0.462 e. The van der Waals surface area contributed by atoms with E-state index in [-0.39, 0.29) is 18.7 Å². The summed E-state index contributed by atoms with van der Waals surface area (Å²) < 4.78 is 44.4. The number of carbonyl (C=O) groups excluding carboxylic acids is 1. The summed E-state index contributed by atoms with van der Waals surface area (Å²) in [4.78, 5) is 11.2. The van der Waals surface area contributed by atoms with Crippen LogP contribution in [0.4, 0.5) is 13.2 Å². The molecule has 0 unspecified atom stereocenters. The Bertz CT molecular complexity index is 376. The van der Waals surface area contributed by atoms with Gasteiger partial charge < -0.3 is 4.74 Å². The third-order valence-corrected chi connectivity index (χ3v) is 1.73. The molecule has 1 aromatic rings. The van der Waals surface area contributed by atoms with Crippen molar-refractivity contribution in [1.29, 1.82) is 0 Å². The molecule has 0 aliphatic carbocycles. The highest BCUT2D eigenvalue weighted by Gasteiger charge is 2.28. The molecule has 17 heavy (non-hydrogen) atoms. The number of ether oxygens (including phenoxy) is 2. The van der Waals surface area contributed by atoms with Gasteiger partial charge in [0.2, 0.25) is 0 Å². The van der Waals surface area contributed by atoms with E-state index in [1.54, 1.807) is 6.92 Å². The number of carbonyl (C=O) groups is 1. The van der Waals surface area contributed by atoms with Crippen molar-refractivity contribution in [1.82, 2.24) is 9.78 Å². The topological polar surface area (TPSA) is 53.3 Å². The quantitative estimate of drug-likeness (QED) is 0.747. The Balaban J connectivity index is 2.43. The molecule has 1 heterocycles. The van der Waals surface area contributed by atoms with Crippen LogP contribution in [0.15, 0.2) is 12.4 Å². The normalized spacial score (nSPS) is 11.5.